The second-order valence-corrected chi connectivity index (χ2v) is 6.84. The van der Waals surface area contributed by atoms with E-state index in [4.69, 9.17) is 18.4 Å². The zero-order valence-corrected chi connectivity index (χ0v) is 15.2. The van der Waals surface area contributed by atoms with Crippen LogP contribution in [0.4, 0.5) is 0 Å². The van der Waals surface area contributed by atoms with Gasteiger partial charge in [0.2, 0.25) is 11.7 Å². The largest absolute Gasteiger partial charge is 0.491 e. The maximum atomic E-state index is 11.0. The number of nitrogens with one attached hydrogen (secondary N) is 1. The Hall–Kier alpha value is -3.03. The molecule has 1 fully saturated rings. The van der Waals surface area contributed by atoms with Gasteiger partial charge in [0.1, 0.15) is 17.9 Å². The number of rotatable bonds is 8. The van der Waals surface area contributed by atoms with Gasteiger partial charge >= 0.3 is 0 Å². The monoisotopic (exact) mass is 371 g/mol. The highest BCUT2D eigenvalue weighted by atomic mass is 16.5. The standard InChI is InChI=1S/C19H21N3O5/c1-11(20-12(2)23)9-24-14-5-6-15-16(7-14)26-19(21-15)17-8-18(22-27-17)25-10-13-3-4-13/h5-8,11,13H,3-4,9-10H2,1-2H3,(H,20,23)/t11-/m0/s1. The van der Waals surface area contributed by atoms with Crippen LogP contribution in [0.1, 0.15) is 26.7 Å². The van der Waals surface area contributed by atoms with Gasteiger partial charge < -0.3 is 23.7 Å². The van der Waals surface area contributed by atoms with Gasteiger partial charge in [-0.2, -0.15) is 0 Å². The van der Waals surface area contributed by atoms with Crippen molar-refractivity contribution < 1.29 is 23.2 Å². The molecule has 2 aromatic heterocycles. The average Bonchev–Trinajstić information content (AvgIpc) is 3.17. The van der Waals surface area contributed by atoms with Crippen molar-refractivity contribution in [1.29, 1.82) is 0 Å². The third-order valence-corrected chi connectivity index (χ3v) is 4.17. The fourth-order valence-electron chi connectivity index (χ4n) is 2.63. The molecular formula is C19H21N3O5. The number of carbonyl (C=O) groups excluding carboxylic acids is 1. The lowest BCUT2D eigenvalue weighted by Gasteiger charge is -2.13. The van der Waals surface area contributed by atoms with E-state index < -0.39 is 0 Å². The predicted molar refractivity (Wildman–Crippen MR) is 96.5 cm³/mol. The van der Waals surface area contributed by atoms with Gasteiger partial charge in [-0.3, -0.25) is 4.79 Å². The molecule has 0 radical (unpaired) electrons. The van der Waals surface area contributed by atoms with Gasteiger partial charge in [-0.05, 0) is 43.0 Å². The number of hydrogen-bond donors (Lipinski definition) is 1. The average molecular weight is 371 g/mol. The molecule has 1 atom stereocenters. The van der Waals surface area contributed by atoms with Crippen LogP contribution in [0, 0.1) is 5.92 Å². The Morgan fingerprint density at radius 2 is 2.19 bits per heavy atom. The van der Waals surface area contributed by atoms with Crippen LogP contribution >= 0.6 is 0 Å². The predicted octanol–water partition coefficient (Wildman–Crippen LogP) is 3.18. The van der Waals surface area contributed by atoms with Crippen LogP contribution in [0.2, 0.25) is 0 Å². The molecule has 0 unspecified atom stereocenters. The topological polar surface area (TPSA) is 99.6 Å². The van der Waals surface area contributed by atoms with Crippen LogP contribution in [0.5, 0.6) is 11.6 Å². The summed E-state index contributed by atoms with van der Waals surface area (Å²) in [6.07, 6.45) is 2.42. The van der Waals surface area contributed by atoms with E-state index in [0.717, 1.165) is 0 Å². The zero-order chi connectivity index (χ0) is 18.8. The van der Waals surface area contributed by atoms with E-state index in [9.17, 15) is 4.79 Å². The fraction of sp³-hybridized carbons (Fsp3) is 0.421. The van der Waals surface area contributed by atoms with Gasteiger partial charge in [-0.1, -0.05) is 0 Å². The van der Waals surface area contributed by atoms with Gasteiger partial charge in [-0.25, -0.2) is 4.98 Å². The van der Waals surface area contributed by atoms with E-state index in [-0.39, 0.29) is 11.9 Å². The Morgan fingerprint density at radius 1 is 1.33 bits per heavy atom. The summed E-state index contributed by atoms with van der Waals surface area (Å²) in [5.41, 5.74) is 1.26. The molecule has 4 rings (SSSR count). The van der Waals surface area contributed by atoms with Crippen LogP contribution < -0.4 is 14.8 Å². The van der Waals surface area contributed by atoms with Crippen LogP contribution in [0.25, 0.3) is 22.8 Å². The molecule has 1 aliphatic carbocycles. The molecule has 0 saturated heterocycles. The number of amides is 1. The van der Waals surface area contributed by atoms with Gasteiger partial charge in [0, 0.05) is 13.0 Å². The third-order valence-electron chi connectivity index (χ3n) is 4.17. The highest BCUT2D eigenvalue weighted by Gasteiger charge is 2.23. The Bertz CT molecular complexity index is 944. The number of nitrogens with zero attached hydrogens (tertiary/aromatic N) is 2. The van der Waals surface area contributed by atoms with E-state index in [2.05, 4.69) is 15.5 Å². The molecule has 1 aliphatic rings. The van der Waals surface area contributed by atoms with E-state index >= 15 is 0 Å². The third kappa shape index (κ3) is 4.39. The Morgan fingerprint density at radius 3 is 2.96 bits per heavy atom. The number of carbonyl (C=O) groups is 1. The van der Waals surface area contributed by atoms with Crippen LogP contribution in [0.3, 0.4) is 0 Å². The van der Waals surface area contributed by atoms with Gasteiger partial charge in [0.15, 0.2) is 5.58 Å². The van der Waals surface area contributed by atoms with Gasteiger partial charge in [-0.15, -0.1) is 0 Å². The molecule has 142 valence electrons. The normalized spacial score (nSPS) is 14.9. The summed E-state index contributed by atoms with van der Waals surface area (Å²) in [6.45, 7) is 4.37. The van der Waals surface area contributed by atoms with Crippen LogP contribution in [-0.2, 0) is 4.79 Å². The Labute approximate surface area is 155 Å². The second-order valence-electron chi connectivity index (χ2n) is 6.84. The lowest BCUT2D eigenvalue weighted by atomic mass is 10.3. The zero-order valence-electron chi connectivity index (χ0n) is 15.2. The SMILES string of the molecule is CC(=O)N[C@@H](C)COc1ccc2nc(-c3cc(OCC4CC4)no3)oc2c1. The summed E-state index contributed by atoms with van der Waals surface area (Å²) in [7, 11) is 0. The molecule has 1 aromatic carbocycles. The molecule has 0 bridgehead atoms. The lowest BCUT2D eigenvalue weighted by Crippen LogP contribution is -2.35. The van der Waals surface area contributed by atoms with E-state index in [0.29, 0.717) is 53.5 Å². The van der Waals surface area contributed by atoms with Gasteiger partial charge in [0.25, 0.3) is 11.8 Å². The van der Waals surface area contributed by atoms with Gasteiger partial charge in [0.05, 0.1) is 18.7 Å². The molecule has 2 heterocycles. The maximum absolute atomic E-state index is 11.0. The number of hydrogen-bond acceptors (Lipinski definition) is 7. The first-order chi connectivity index (χ1) is 13.1. The number of fused-ring (bicyclic) bond motifs is 1. The van der Waals surface area contributed by atoms with Crippen LogP contribution in [0.15, 0.2) is 33.2 Å². The minimum absolute atomic E-state index is 0.0889. The maximum Gasteiger partial charge on any atom is 0.267 e. The molecule has 3 aromatic rings. The van der Waals surface area contributed by atoms with E-state index in [1.807, 2.05) is 13.0 Å². The van der Waals surface area contributed by atoms with E-state index in [1.165, 1.54) is 19.8 Å². The van der Waals surface area contributed by atoms with Crippen molar-refractivity contribution >= 4 is 17.0 Å². The second kappa shape index (κ2) is 7.30. The Balaban J connectivity index is 1.43. The molecule has 27 heavy (non-hydrogen) atoms. The first-order valence-corrected chi connectivity index (χ1v) is 8.97. The first kappa shape index (κ1) is 17.4. The highest BCUT2D eigenvalue weighted by Crippen LogP contribution is 2.31. The van der Waals surface area contributed by atoms with Crippen molar-refractivity contribution in [3.8, 4) is 23.3 Å². The molecule has 1 saturated carbocycles. The van der Waals surface area contributed by atoms with Crippen molar-refractivity contribution in [3.05, 3.63) is 24.3 Å². The van der Waals surface area contributed by atoms with Crippen molar-refractivity contribution in [1.82, 2.24) is 15.5 Å². The van der Waals surface area contributed by atoms with Crippen LogP contribution in [-0.4, -0.2) is 35.3 Å². The molecule has 1 amide bonds. The van der Waals surface area contributed by atoms with Crippen molar-refractivity contribution in [2.75, 3.05) is 13.2 Å². The molecule has 1 N–H and O–H groups in total. The highest BCUT2D eigenvalue weighted by molar-refractivity contribution is 5.77. The minimum atomic E-state index is -0.0910. The summed E-state index contributed by atoms with van der Waals surface area (Å²) < 4.78 is 22.3. The molecule has 0 aliphatic heterocycles. The van der Waals surface area contributed by atoms with Crippen molar-refractivity contribution in [2.45, 2.75) is 32.7 Å². The molecule has 8 nitrogen and oxygen atoms in total. The summed E-state index contributed by atoms with van der Waals surface area (Å²) in [6, 6.07) is 6.96. The fourth-order valence-corrected chi connectivity index (χ4v) is 2.63. The summed E-state index contributed by atoms with van der Waals surface area (Å²) in [5, 5.41) is 6.66. The molecular weight excluding hydrogens is 350 g/mol. The number of benzene rings is 1. The number of aromatic nitrogens is 2. The Kier molecular flexibility index (Phi) is 4.70. The summed E-state index contributed by atoms with van der Waals surface area (Å²) in [5.74, 6) is 2.38. The van der Waals surface area contributed by atoms with Crippen molar-refractivity contribution in [3.63, 3.8) is 0 Å². The smallest absolute Gasteiger partial charge is 0.267 e. The number of ether oxygens (including phenoxy) is 2. The molecule has 0 spiro atoms. The van der Waals surface area contributed by atoms with E-state index in [1.54, 1.807) is 18.2 Å². The first-order valence-electron chi connectivity index (χ1n) is 8.97. The van der Waals surface area contributed by atoms with Crippen molar-refractivity contribution in [2.24, 2.45) is 5.92 Å². The minimum Gasteiger partial charge on any atom is -0.491 e. The summed E-state index contributed by atoms with van der Waals surface area (Å²) in [4.78, 5) is 15.5. The lowest BCUT2D eigenvalue weighted by molar-refractivity contribution is -0.119. The number of oxazole rings is 1. The quantitative estimate of drug-likeness (QED) is 0.649. The molecule has 8 heteroatoms. The summed E-state index contributed by atoms with van der Waals surface area (Å²) >= 11 is 0.